The molecule has 0 radical (unpaired) electrons. The van der Waals surface area contributed by atoms with Gasteiger partial charge in [0, 0.05) is 25.3 Å². The standard InChI is InChI=1S/C13H21N3O2/c1-3-10(4-2)16(8-6-14)13(18)11-5-7-15-9-12(11)17/h5,7,9-10,17H,3-4,6,8,14H2,1-2H3. The molecule has 5 nitrogen and oxygen atoms in total. The van der Waals surface area contributed by atoms with E-state index in [2.05, 4.69) is 4.98 Å². The van der Waals surface area contributed by atoms with Gasteiger partial charge in [0.2, 0.25) is 0 Å². The van der Waals surface area contributed by atoms with E-state index in [4.69, 9.17) is 5.73 Å². The van der Waals surface area contributed by atoms with E-state index >= 15 is 0 Å². The molecule has 1 heterocycles. The Balaban J connectivity index is 2.99. The lowest BCUT2D eigenvalue weighted by Gasteiger charge is -2.30. The van der Waals surface area contributed by atoms with Crippen molar-refractivity contribution in [2.75, 3.05) is 13.1 Å². The Labute approximate surface area is 108 Å². The number of aromatic hydroxyl groups is 1. The van der Waals surface area contributed by atoms with E-state index in [0.29, 0.717) is 13.1 Å². The average molecular weight is 251 g/mol. The average Bonchev–Trinajstić information content (AvgIpc) is 2.39. The Bertz CT molecular complexity index is 392. The minimum absolute atomic E-state index is 0.0875. The molecule has 1 amide bonds. The Hall–Kier alpha value is -1.62. The molecule has 0 unspecified atom stereocenters. The highest BCUT2D eigenvalue weighted by molar-refractivity contribution is 5.96. The molecular formula is C13H21N3O2. The smallest absolute Gasteiger partial charge is 0.258 e. The molecule has 100 valence electrons. The minimum atomic E-state index is -0.186. The van der Waals surface area contributed by atoms with E-state index in [1.807, 2.05) is 13.8 Å². The Morgan fingerprint density at radius 1 is 1.50 bits per heavy atom. The summed E-state index contributed by atoms with van der Waals surface area (Å²) in [6, 6.07) is 1.68. The van der Waals surface area contributed by atoms with Crippen molar-refractivity contribution in [2.24, 2.45) is 5.73 Å². The van der Waals surface area contributed by atoms with Crippen molar-refractivity contribution in [3.05, 3.63) is 24.0 Å². The third kappa shape index (κ3) is 3.20. The third-order valence-electron chi connectivity index (χ3n) is 3.04. The lowest BCUT2D eigenvalue weighted by atomic mass is 10.1. The topological polar surface area (TPSA) is 79.5 Å². The van der Waals surface area contributed by atoms with Crippen LogP contribution in [0.2, 0.25) is 0 Å². The predicted octanol–water partition coefficient (Wildman–Crippen LogP) is 1.38. The molecule has 0 saturated carbocycles. The Kier molecular flexibility index (Phi) is 5.58. The maximum atomic E-state index is 12.4. The number of aromatic nitrogens is 1. The van der Waals surface area contributed by atoms with Crippen LogP contribution in [-0.2, 0) is 0 Å². The van der Waals surface area contributed by atoms with E-state index < -0.39 is 0 Å². The zero-order valence-electron chi connectivity index (χ0n) is 11.0. The largest absolute Gasteiger partial charge is 0.505 e. The fourth-order valence-electron chi connectivity index (χ4n) is 2.04. The highest BCUT2D eigenvalue weighted by Gasteiger charge is 2.23. The van der Waals surface area contributed by atoms with Crippen LogP contribution < -0.4 is 5.73 Å². The summed E-state index contributed by atoms with van der Waals surface area (Å²) in [5.41, 5.74) is 5.84. The zero-order valence-corrected chi connectivity index (χ0v) is 11.0. The lowest BCUT2D eigenvalue weighted by molar-refractivity contribution is 0.0671. The van der Waals surface area contributed by atoms with Crippen molar-refractivity contribution < 1.29 is 9.90 Å². The van der Waals surface area contributed by atoms with E-state index in [0.717, 1.165) is 12.8 Å². The zero-order chi connectivity index (χ0) is 13.5. The number of rotatable bonds is 6. The predicted molar refractivity (Wildman–Crippen MR) is 70.4 cm³/mol. The first-order valence-electron chi connectivity index (χ1n) is 6.29. The molecule has 1 aromatic heterocycles. The highest BCUT2D eigenvalue weighted by Crippen LogP contribution is 2.19. The van der Waals surface area contributed by atoms with Gasteiger partial charge in [0.05, 0.1) is 11.8 Å². The molecule has 0 atom stereocenters. The van der Waals surface area contributed by atoms with E-state index in [9.17, 15) is 9.90 Å². The molecular weight excluding hydrogens is 230 g/mol. The number of carbonyl (C=O) groups is 1. The molecule has 3 N–H and O–H groups in total. The quantitative estimate of drug-likeness (QED) is 0.800. The summed E-state index contributed by atoms with van der Waals surface area (Å²) in [6.45, 7) is 4.98. The fourth-order valence-corrected chi connectivity index (χ4v) is 2.04. The van der Waals surface area contributed by atoms with Crippen molar-refractivity contribution in [2.45, 2.75) is 32.7 Å². The molecule has 0 fully saturated rings. The van der Waals surface area contributed by atoms with Gasteiger partial charge in [-0.2, -0.15) is 0 Å². The number of pyridine rings is 1. The first-order valence-corrected chi connectivity index (χ1v) is 6.29. The van der Waals surface area contributed by atoms with Crippen molar-refractivity contribution in [3.63, 3.8) is 0 Å². The summed E-state index contributed by atoms with van der Waals surface area (Å²) < 4.78 is 0. The van der Waals surface area contributed by atoms with Crippen molar-refractivity contribution in [1.82, 2.24) is 9.88 Å². The van der Waals surface area contributed by atoms with E-state index in [-0.39, 0.29) is 23.3 Å². The second-order valence-electron chi connectivity index (χ2n) is 4.15. The fraction of sp³-hybridized carbons (Fsp3) is 0.538. The summed E-state index contributed by atoms with van der Waals surface area (Å²) in [4.78, 5) is 17.9. The Morgan fingerprint density at radius 2 is 2.17 bits per heavy atom. The van der Waals surface area contributed by atoms with Crippen LogP contribution in [0.5, 0.6) is 5.75 Å². The molecule has 0 aliphatic heterocycles. The van der Waals surface area contributed by atoms with Gasteiger partial charge in [-0.25, -0.2) is 0 Å². The van der Waals surface area contributed by atoms with Gasteiger partial charge < -0.3 is 15.7 Å². The van der Waals surface area contributed by atoms with Crippen LogP contribution in [-0.4, -0.2) is 40.0 Å². The van der Waals surface area contributed by atoms with E-state index in [1.54, 1.807) is 4.90 Å². The molecule has 0 spiro atoms. The number of carbonyl (C=O) groups excluding carboxylic acids is 1. The number of nitrogens with two attached hydrogens (primary N) is 1. The number of hydrogen-bond acceptors (Lipinski definition) is 4. The van der Waals surface area contributed by atoms with Gasteiger partial charge in [0.1, 0.15) is 5.75 Å². The van der Waals surface area contributed by atoms with Gasteiger partial charge >= 0.3 is 0 Å². The van der Waals surface area contributed by atoms with Gasteiger partial charge in [0.25, 0.3) is 5.91 Å². The van der Waals surface area contributed by atoms with Crippen LogP contribution in [0.15, 0.2) is 18.5 Å². The van der Waals surface area contributed by atoms with Crippen LogP contribution in [0.4, 0.5) is 0 Å². The first kappa shape index (κ1) is 14.4. The van der Waals surface area contributed by atoms with E-state index in [1.165, 1.54) is 18.5 Å². The van der Waals surface area contributed by atoms with Gasteiger partial charge in [0.15, 0.2) is 0 Å². The number of amides is 1. The van der Waals surface area contributed by atoms with Gasteiger partial charge in [-0.05, 0) is 18.9 Å². The van der Waals surface area contributed by atoms with Crippen LogP contribution >= 0.6 is 0 Å². The van der Waals surface area contributed by atoms with Gasteiger partial charge in [-0.3, -0.25) is 9.78 Å². The van der Waals surface area contributed by atoms with Crippen LogP contribution in [0.1, 0.15) is 37.0 Å². The molecule has 1 rings (SSSR count). The molecule has 18 heavy (non-hydrogen) atoms. The van der Waals surface area contributed by atoms with Crippen LogP contribution in [0.25, 0.3) is 0 Å². The third-order valence-corrected chi connectivity index (χ3v) is 3.04. The first-order chi connectivity index (χ1) is 8.65. The van der Waals surface area contributed by atoms with Crippen LogP contribution in [0.3, 0.4) is 0 Å². The maximum Gasteiger partial charge on any atom is 0.258 e. The van der Waals surface area contributed by atoms with Gasteiger partial charge in [-0.15, -0.1) is 0 Å². The van der Waals surface area contributed by atoms with Gasteiger partial charge in [-0.1, -0.05) is 13.8 Å². The molecule has 5 heteroatoms. The maximum absolute atomic E-state index is 12.4. The monoisotopic (exact) mass is 251 g/mol. The molecule has 0 aliphatic rings. The summed E-state index contributed by atoms with van der Waals surface area (Å²) >= 11 is 0. The van der Waals surface area contributed by atoms with Crippen molar-refractivity contribution in [3.8, 4) is 5.75 Å². The molecule has 0 aromatic carbocycles. The summed E-state index contributed by atoms with van der Waals surface area (Å²) in [7, 11) is 0. The SMILES string of the molecule is CCC(CC)N(CCN)C(=O)c1ccncc1O. The lowest BCUT2D eigenvalue weighted by Crippen LogP contribution is -2.42. The second-order valence-corrected chi connectivity index (χ2v) is 4.15. The van der Waals surface area contributed by atoms with Crippen molar-refractivity contribution in [1.29, 1.82) is 0 Å². The molecule has 1 aromatic rings. The van der Waals surface area contributed by atoms with Crippen molar-refractivity contribution >= 4 is 5.91 Å². The number of nitrogens with zero attached hydrogens (tertiary/aromatic N) is 2. The van der Waals surface area contributed by atoms with Crippen LogP contribution in [0, 0.1) is 0 Å². The summed E-state index contributed by atoms with van der Waals surface area (Å²) in [5.74, 6) is -0.274. The highest BCUT2D eigenvalue weighted by atomic mass is 16.3. The summed E-state index contributed by atoms with van der Waals surface area (Å²) in [5, 5.41) is 9.68. The Morgan fingerprint density at radius 3 is 2.67 bits per heavy atom. The summed E-state index contributed by atoms with van der Waals surface area (Å²) in [6.07, 6.45) is 4.52. The normalized spacial score (nSPS) is 10.7. The second kappa shape index (κ2) is 6.96. The number of hydrogen-bond donors (Lipinski definition) is 2. The molecule has 0 saturated heterocycles. The minimum Gasteiger partial charge on any atom is -0.505 e. The molecule has 0 aliphatic carbocycles. The molecule has 0 bridgehead atoms.